The Balaban J connectivity index is 1.98. The summed E-state index contributed by atoms with van der Waals surface area (Å²) in [6.45, 7) is 0.0640. The molecule has 8 heteroatoms. The van der Waals surface area contributed by atoms with Gasteiger partial charge in [0, 0.05) is 26.2 Å². The minimum atomic E-state index is -2.94. The van der Waals surface area contributed by atoms with Crippen LogP contribution in [0.2, 0.25) is 0 Å². The highest BCUT2D eigenvalue weighted by Gasteiger charge is 2.29. The molecule has 1 heterocycles. The third-order valence-corrected chi connectivity index (χ3v) is 6.16. The van der Waals surface area contributed by atoms with Gasteiger partial charge in [-0.2, -0.15) is 0 Å². The number of amides is 1. The van der Waals surface area contributed by atoms with Crippen LogP contribution >= 0.6 is 0 Å². The van der Waals surface area contributed by atoms with Gasteiger partial charge < -0.3 is 15.5 Å². The summed E-state index contributed by atoms with van der Waals surface area (Å²) in [6, 6.07) is 0.228. The molecule has 1 aliphatic carbocycles. The largest absolute Gasteiger partial charge is 0.354 e. The first kappa shape index (κ1) is 18.0. The first-order valence-electron chi connectivity index (χ1n) is 8.34. The second-order valence-electron chi connectivity index (χ2n) is 6.68. The van der Waals surface area contributed by atoms with Crippen LogP contribution in [0.3, 0.4) is 0 Å². The Morgan fingerprint density at radius 2 is 1.74 bits per heavy atom. The molecule has 1 amide bonds. The predicted octanol–water partition coefficient (Wildman–Crippen LogP) is 0.130. The fourth-order valence-electron chi connectivity index (χ4n) is 2.96. The first-order chi connectivity index (χ1) is 10.9. The number of carbonyl (C=O) groups excluding carboxylic acids is 1. The van der Waals surface area contributed by atoms with E-state index in [4.69, 9.17) is 0 Å². The molecular formula is C15H28N4O3S. The molecule has 1 aliphatic heterocycles. The normalized spacial score (nSPS) is 25.1. The minimum Gasteiger partial charge on any atom is -0.354 e. The number of hydrogen-bond donors (Lipinski definition) is 2. The summed E-state index contributed by atoms with van der Waals surface area (Å²) >= 11 is 0. The van der Waals surface area contributed by atoms with Crippen molar-refractivity contribution < 1.29 is 13.2 Å². The van der Waals surface area contributed by atoms with Crippen molar-refractivity contribution in [3.63, 3.8) is 0 Å². The van der Waals surface area contributed by atoms with E-state index in [-0.39, 0.29) is 30.0 Å². The Kier molecular flexibility index (Phi) is 6.26. The summed E-state index contributed by atoms with van der Waals surface area (Å²) in [5.41, 5.74) is 0. The summed E-state index contributed by atoms with van der Waals surface area (Å²) in [6.07, 6.45) is 6.42. The van der Waals surface area contributed by atoms with Gasteiger partial charge in [-0.05, 0) is 19.3 Å². The van der Waals surface area contributed by atoms with Crippen LogP contribution in [-0.4, -0.2) is 69.4 Å². The van der Waals surface area contributed by atoms with Crippen LogP contribution in [0, 0.1) is 0 Å². The zero-order chi connectivity index (χ0) is 16.9. The Bertz CT molecular complexity index is 539. The van der Waals surface area contributed by atoms with Gasteiger partial charge in [-0.15, -0.1) is 0 Å². The maximum Gasteiger partial charge on any atom is 0.243 e. The van der Waals surface area contributed by atoms with Gasteiger partial charge in [-0.1, -0.05) is 19.3 Å². The molecule has 0 aromatic carbocycles. The monoisotopic (exact) mass is 344 g/mol. The number of carbonyl (C=O) groups is 1. The number of hydrogen-bond acceptors (Lipinski definition) is 4. The number of nitrogens with one attached hydrogen (secondary N) is 2. The zero-order valence-electron chi connectivity index (χ0n) is 14.0. The van der Waals surface area contributed by atoms with Crippen molar-refractivity contribution in [3.05, 3.63) is 0 Å². The summed E-state index contributed by atoms with van der Waals surface area (Å²) < 4.78 is 23.2. The average molecular weight is 344 g/mol. The standard InChI is InChI=1S/C15H28N4O3S/c1-19(2)14(20)10-16-15(17-12-6-4-3-5-7-12)18-13-8-9-23(21,22)11-13/h12-13H,3-11H2,1-2H3,(H2,16,17,18). The van der Waals surface area contributed by atoms with E-state index in [1.807, 2.05) is 0 Å². The maximum atomic E-state index is 11.7. The van der Waals surface area contributed by atoms with Crippen LogP contribution in [0.5, 0.6) is 0 Å². The topological polar surface area (TPSA) is 90.9 Å². The molecule has 0 spiro atoms. The Morgan fingerprint density at radius 1 is 1.09 bits per heavy atom. The molecule has 2 fully saturated rings. The maximum absolute atomic E-state index is 11.7. The second-order valence-corrected chi connectivity index (χ2v) is 8.91. The van der Waals surface area contributed by atoms with Gasteiger partial charge in [0.2, 0.25) is 5.91 Å². The molecule has 2 rings (SSSR count). The Hall–Kier alpha value is -1.31. The fraction of sp³-hybridized carbons (Fsp3) is 0.867. The van der Waals surface area contributed by atoms with E-state index < -0.39 is 9.84 Å². The fourth-order valence-corrected chi connectivity index (χ4v) is 4.64. The van der Waals surface area contributed by atoms with E-state index in [0.717, 1.165) is 12.8 Å². The third-order valence-electron chi connectivity index (χ3n) is 4.39. The average Bonchev–Trinajstić information content (AvgIpc) is 2.84. The lowest BCUT2D eigenvalue weighted by atomic mass is 9.96. The quantitative estimate of drug-likeness (QED) is 0.559. The summed E-state index contributed by atoms with van der Waals surface area (Å²) in [4.78, 5) is 17.6. The van der Waals surface area contributed by atoms with Gasteiger partial charge in [-0.3, -0.25) is 4.79 Å². The SMILES string of the molecule is CN(C)C(=O)CN=C(NC1CCCCC1)NC1CCS(=O)(=O)C1. The van der Waals surface area contributed by atoms with Crippen LogP contribution in [0.4, 0.5) is 0 Å². The van der Waals surface area contributed by atoms with E-state index in [9.17, 15) is 13.2 Å². The van der Waals surface area contributed by atoms with E-state index in [1.54, 1.807) is 14.1 Å². The highest BCUT2D eigenvalue weighted by atomic mass is 32.2. The number of aliphatic imine (C=N–C) groups is 1. The molecular weight excluding hydrogens is 316 g/mol. The van der Waals surface area contributed by atoms with Gasteiger partial charge in [-0.25, -0.2) is 13.4 Å². The minimum absolute atomic E-state index is 0.0640. The van der Waals surface area contributed by atoms with Gasteiger partial charge in [0.05, 0.1) is 11.5 Å². The van der Waals surface area contributed by atoms with Crippen LogP contribution in [0.15, 0.2) is 4.99 Å². The molecule has 0 bridgehead atoms. The third kappa shape index (κ3) is 6.01. The summed E-state index contributed by atoms with van der Waals surface area (Å²) in [5, 5.41) is 6.58. The van der Waals surface area contributed by atoms with Crippen LogP contribution in [0.25, 0.3) is 0 Å². The number of sulfone groups is 1. The lowest BCUT2D eigenvalue weighted by Crippen LogP contribution is -2.48. The molecule has 1 saturated carbocycles. The highest BCUT2D eigenvalue weighted by Crippen LogP contribution is 2.17. The summed E-state index contributed by atoms with van der Waals surface area (Å²) in [5.74, 6) is 0.848. The first-order valence-corrected chi connectivity index (χ1v) is 10.2. The van der Waals surface area contributed by atoms with Crippen LogP contribution < -0.4 is 10.6 Å². The van der Waals surface area contributed by atoms with Gasteiger partial charge in [0.1, 0.15) is 6.54 Å². The van der Waals surface area contributed by atoms with E-state index >= 15 is 0 Å². The Morgan fingerprint density at radius 3 is 2.30 bits per heavy atom. The van der Waals surface area contributed by atoms with Crippen molar-refractivity contribution in [3.8, 4) is 0 Å². The number of rotatable bonds is 4. The summed E-state index contributed by atoms with van der Waals surface area (Å²) in [7, 11) is 0.456. The van der Waals surface area contributed by atoms with E-state index in [1.165, 1.54) is 24.2 Å². The smallest absolute Gasteiger partial charge is 0.243 e. The van der Waals surface area contributed by atoms with Gasteiger partial charge in [0.15, 0.2) is 15.8 Å². The van der Waals surface area contributed by atoms with Crippen molar-refractivity contribution in [2.45, 2.75) is 50.6 Å². The molecule has 0 radical (unpaired) electrons. The van der Waals surface area contributed by atoms with Crippen molar-refractivity contribution in [2.24, 2.45) is 4.99 Å². The van der Waals surface area contributed by atoms with Crippen molar-refractivity contribution in [1.82, 2.24) is 15.5 Å². The van der Waals surface area contributed by atoms with Crippen LogP contribution in [-0.2, 0) is 14.6 Å². The molecule has 23 heavy (non-hydrogen) atoms. The molecule has 7 nitrogen and oxygen atoms in total. The predicted molar refractivity (Wildman–Crippen MR) is 91.2 cm³/mol. The number of likely N-dealkylation sites (N-methyl/N-ethyl adjacent to an activating group) is 1. The van der Waals surface area contributed by atoms with Crippen molar-refractivity contribution in [1.29, 1.82) is 0 Å². The number of guanidine groups is 1. The molecule has 132 valence electrons. The Labute approximate surface area is 138 Å². The molecule has 0 aromatic rings. The van der Waals surface area contributed by atoms with Crippen molar-refractivity contribution >= 4 is 21.7 Å². The molecule has 0 aromatic heterocycles. The molecule has 2 aliphatic rings. The molecule has 1 unspecified atom stereocenters. The van der Waals surface area contributed by atoms with Gasteiger partial charge in [0.25, 0.3) is 0 Å². The highest BCUT2D eigenvalue weighted by molar-refractivity contribution is 7.91. The lowest BCUT2D eigenvalue weighted by molar-refractivity contribution is -0.127. The number of nitrogens with zero attached hydrogens (tertiary/aromatic N) is 2. The lowest BCUT2D eigenvalue weighted by Gasteiger charge is -2.26. The molecule has 2 N–H and O–H groups in total. The van der Waals surface area contributed by atoms with Crippen molar-refractivity contribution in [2.75, 3.05) is 32.1 Å². The second kappa shape index (κ2) is 7.99. The molecule has 1 saturated heterocycles. The van der Waals surface area contributed by atoms with E-state index in [2.05, 4.69) is 15.6 Å². The van der Waals surface area contributed by atoms with E-state index in [0.29, 0.717) is 18.4 Å². The zero-order valence-corrected chi connectivity index (χ0v) is 14.9. The van der Waals surface area contributed by atoms with Crippen LogP contribution in [0.1, 0.15) is 38.5 Å². The van der Waals surface area contributed by atoms with Gasteiger partial charge >= 0.3 is 0 Å². The molecule has 1 atom stereocenters.